The highest BCUT2D eigenvalue weighted by Crippen LogP contribution is 2.30. The lowest BCUT2D eigenvalue weighted by Crippen LogP contribution is -2.43. The van der Waals surface area contributed by atoms with Crippen LogP contribution in [0.25, 0.3) is 0 Å². The number of aromatic nitrogens is 1. The molecule has 1 aromatic carbocycles. The Morgan fingerprint density at radius 1 is 1.19 bits per heavy atom. The summed E-state index contributed by atoms with van der Waals surface area (Å²) in [5, 5.41) is 7.63. The molecule has 0 aliphatic carbocycles. The molecule has 1 heterocycles. The van der Waals surface area contributed by atoms with Gasteiger partial charge in [0.25, 0.3) is 0 Å². The summed E-state index contributed by atoms with van der Waals surface area (Å²) < 4.78 is 37.8. The number of rotatable bonds is 5. The molecular formula is C18H23F3N4S. The normalized spacial score (nSPS) is 13.0. The summed E-state index contributed by atoms with van der Waals surface area (Å²) >= 11 is 0.975. The molecule has 2 rings (SSSR count). The standard InChI is InChI=1S/C18H23F3N4S/c1-12-7-5-6-8-13(12)17(2,3)11-24-16(22-4)23-9-15-25-14(10-26-15)18(19,20)21/h5-8,10H,9,11H2,1-4H3,(H2,22,23,24). The highest BCUT2D eigenvalue weighted by atomic mass is 32.1. The minimum Gasteiger partial charge on any atom is -0.356 e. The van der Waals surface area contributed by atoms with E-state index in [2.05, 4.69) is 53.5 Å². The van der Waals surface area contributed by atoms with Crippen LogP contribution >= 0.6 is 11.3 Å². The third-order valence-corrected chi connectivity index (χ3v) is 4.89. The lowest BCUT2D eigenvalue weighted by Gasteiger charge is -2.28. The van der Waals surface area contributed by atoms with Gasteiger partial charge in [-0.05, 0) is 18.1 Å². The van der Waals surface area contributed by atoms with E-state index < -0.39 is 11.9 Å². The molecule has 2 N–H and O–H groups in total. The van der Waals surface area contributed by atoms with Crippen molar-refractivity contribution in [1.29, 1.82) is 0 Å². The van der Waals surface area contributed by atoms with Gasteiger partial charge in [-0.25, -0.2) is 4.98 Å². The topological polar surface area (TPSA) is 49.3 Å². The summed E-state index contributed by atoms with van der Waals surface area (Å²) in [6.07, 6.45) is -4.41. The second kappa shape index (κ2) is 8.07. The van der Waals surface area contributed by atoms with Gasteiger partial charge in [-0.1, -0.05) is 38.1 Å². The van der Waals surface area contributed by atoms with Crippen molar-refractivity contribution in [2.45, 2.75) is 38.9 Å². The van der Waals surface area contributed by atoms with Crippen LogP contribution in [0, 0.1) is 6.92 Å². The summed E-state index contributed by atoms with van der Waals surface area (Å²) in [7, 11) is 1.62. The number of benzene rings is 1. The van der Waals surface area contributed by atoms with Crippen LogP contribution in [0.1, 0.15) is 35.7 Å². The van der Waals surface area contributed by atoms with Gasteiger partial charge in [0, 0.05) is 24.4 Å². The fraction of sp³-hybridized carbons (Fsp3) is 0.444. The molecule has 0 bridgehead atoms. The first kappa shape index (κ1) is 20.2. The zero-order chi connectivity index (χ0) is 19.4. The lowest BCUT2D eigenvalue weighted by atomic mass is 9.82. The smallest absolute Gasteiger partial charge is 0.356 e. The predicted molar refractivity (Wildman–Crippen MR) is 99.5 cm³/mol. The molecule has 4 nitrogen and oxygen atoms in total. The van der Waals surface area contributed by atoms with Crippen LogP contribution in [0.5, 0.6) is 0 Å². The Morgan fingerprint density at radius 2 is 1.88 bits per heavy atom. The lowest BCUT2D eigenvalue weighted by molar-refractivity contribution is -0.140. The van der Waals surface area contributed by atoms with Crippen LogP contribution < -0.4 is 10.6 Å². The van der Waals surface area contributed by atoms with Crippen LogP contribution in [0.2, 0.25) is 0 Å². The van der Waals surface area contributed by atoms with E-state index in [4.69, 9.17) is 0 Å². The Labute approximate surface area is 155 Å². The highest BCUT2D eigenvalue weighted by Gasteiger charge is 2.33. The molecule has 142 valence electrons. The Morgan fingerprint density at radius 3 is 2.46 bits per heavy atom. The SMILES string of the molecule is CN=C(NCc1nc(C(F)(F)F)cs1)NCC(C)(C)c1ccccc1C. The molecule has 0 saturated carbocycles. The Bertz CT molecular complexity index is 766. The van der Waals surface area contributed by atoms with E-state index in [1.165, 1.54) is 11.1 Å². The van der Waals surface area contributed by atoms with Crippen LogP contribution in [0.3, 0.4) is 0 Å². The summed E-state index contributed by atoms with van der Waals surface area (Å²) in [5.74, 6) is 0.524. The van der Waals surface area contributed by atoms with E-state index in [1.807, 2.05) is 12.1 Å². The monoisotopic (exact) mass is 384 g/mol. The van der Waals surface area contributed by atoms with Crippen LogP contribution in [0.15, 0.2) is 34.6 Å². The fourth-order valence-electron chi connectivity index (χ4n) is 2.63. The summed E-state index contributed by atoms with van der Waals surface area (Å²) in [6, 6.07) is 8.19. The number of nitrogens with zero attached hydrogens (tertiary/aromatic N) is 2. The first-order valence-electron chi connectivity index (χ1n) is 8.16. The molecule has 0 fully saturated rings. The van der Waals surface area contributed by atoms with Crippen molar-refractivity contribution in [1.82, 2.24) is 15.6 Å². The largest absolute Gasteiger partial charge is 0.434 e. The van der Waals surface area contributed by atoms with Crippen molar-refractivity contribution in [2.24, 2.45) is 4.99 Å². The van der Waals surface area contributed by atoms with E-state index in [-0.39, 0.29) is 12.0 Å². The predicted octanol–water partition coefficient (Wildman–Crippen LogP) is 4.11. The average molecular weight is 384 g/mol. The maximum Gasteiger partial charge on any atom is 0.434 e. The number of guanidine groups is 1. The highest BCUT2D eigenvalue weighted by molar-refractivity contribution is 7.09. The van der Waals surface area contributed by atoms with Crippen molar-refractivity contribution in [3.63, 3.8) is 0 Å². The van der Waals surface area contributed by atoms with Gasteiger partial charge in [0.15, 0.2) is 11.7 Å². The van der Waals surface area contributed by atoms with Gasteiger partial charge >= 0.3 is 6.18 Å². The number of aryl methyl sites for hydroxylation is 1. The third-order valence-electron chi connectivity index (χ3n) is 4.04. The van der Waals surface area contributed by atoms with Gasteiger partial charge < -0.3 is 10.6 Å². The van der Waals surface area contributed by atoms with E-state index in [0.717, 1.165) is 16.7 Å². The molecule has 0 amide bonds. The number of nitrogens with one attached hydrogen (secondary N) is 2. The molecule has 0 unspecified atom stereocenters. The molecule has 0 aliphatic heterocycles. The Hall–Kier alpha value is -2.09. The van der Waals surface area contributed by atoms with Crippen LogP contribution in [-0.4, -0.2) is 24.5 Å². The zero-order valence-electron chi connectivity index (χ0n) is 15.2. The van der Waals surface area contributed by atoms with Gasteiger partial charge in [-0.15, -0.1) is 11.3 Å². The third kappa shape index (κ3) is 5.20. The van der Waals surface area contributed by atoms with Gasteiger partial charge in [-0.3, -0.25) is 4.99 Å². The van der Waals surface area contributed by atoms with Crippen LogP contribution in [0.4, 0.5) is 13.2 Å². The first-order valence-corrected chi connectivity index (χ1v) is 9.03. The number of hydrogen-bond acceptors (Lipinski definition) is 3. The molecule has 1 aromatic heterocycles. The van der Waals surface area contributed by atoms with E-state index >= 15 is 0 Å². The number of alkyl halides is 3. The zero-order valence-corrected chi connectivity index (χ0v) is 16.1. The summed E-state index contributed by atoms with van der Waals surface area (Å²) in [4.78, 5) is 7.73. The maximum atomic E-state index is 12.6. The van der Waals surface area contributed by atoms with E-state index in [1.54, 1.807) is 7.05 Å². The van der Waals surface area contributed by atoms with Gasteiger partial charge in [-0.2, -0.15) is 13.2 Å². The molecule has 0 atom stereocenters. The molecule has 26 heavy (non-hydrogen) atoms. The Balaban J connectivity index is 1.94. The summed E-state index contributed by atoms with van der Waals surface area (Å²) in [6.45, 7) is 7.15. The second-order valence-corrected chi connectivity index (χ2v) is 7.55. The number of hydrogen-bond donors (Lipinski definition) is 2. The van der Waals surface area contributed by atoms with Crippen molar-refractivity contribution < 1.29 is 13.2 Å². The van der Waals surface area contributed by atoms with Crippen molar-refractivity contribution in [3.05, 3.63) is 51.5 Å². The molecule has 0 spiro atoms. The van der Waals surface area contributed by atoms with E-state index in [9.17, 15) is 13.2 Å². The molecule has 0 aliphatic rings. The molecule has 0 radical (unpaired) electrons. The minimum atomic E-state index is -4.41. The van der Waals surface area contributed by atoms with Crippen molar-refractivity contribution >= 4 is 17.3 Å². The Kier molecular flexibility index (Phi) is 6.28. The second-order valence-electron chi connectivity index (χ2n) is 6.60. The minimum absolute atomic E-state index is 0.131. The quantitative estimate of drug-likeness (QED) is 0.602. The average Bonchev–Trinajstić information content (AvgIpc) is 3.04. The van der Waals surface area contributed by atoms with Gasteiger partial charge in [0.05, 0.1) is 6.54 Å². The van der Waals surface area contributed by atoms with Crippen LogP contribution in [-0.2, 0) is 18.1 Å². The fourth-order valence-corrected chi connectivity index (χ4v) is 3.37. The van der Waals surface area contributed by atoms with Gasteiger partial charge in [0.2, 0.25) is 0 Å². The molecular weight excluding hydrogens is 361 g/mol. The maximum absolute atomic E-state index is 12.6. The molecule has 8 heteroatoms. The first-order chi connectivity index (χ1) is 12.1. The number of thiazole rings is 1. The summed E-state index contributed by atoms with van der Waals surface area (Å²) in [5.41, 5.74) is 1.46. The molecule has 2 aromatic rings. The van der Waals surface area contributed by atoms with Crippen molar-refractivity contribution in [2.75, 3.05) is 13.6 Å². The number of halogens is 3. The number of aliphatic imine (C=N–C) groups is 1. The van der Waals surface area contributed by atoms with E-state index in [0.29, 0.717) is 17.5 Å². The molecule has 0 saturated heterocycles. The van der Waals surface area contributed by atoms with Gasteiger partial charge in [0.1, 0.15) is 5.01 Å². The van der Waals surface area contributed by atoms with Crippen molar-refractivity contribution in [3.8, 4) is 0 Å².